The quantitative estimate of drug-likeness (QED) is 0.804. The standard InChI is InChI=1S/C10H14F3N5/c11-10(12,13)9-16-15-8-5-17(1-2-18(8)9)7-3-6(14)4-7/h6-7H,1-5,14H2. The van der Waals surface area contributed by atoms with E-state index in [2.05, 4.69) is 15.1 Å². The molecule has 1 saturated carbocycles. The first-order valence-corrected chi connectivity index (χ1v) is 5.94. The van der Waals surface area contributed by atoms with Crippen LogP contribution < -0.4 is 5.73 Å². The van der Waals surface area contributed by atoms with Crippen LogP contribution in [0.2, 0.25) is 0 Å². The van der Waals surface area contributed by atoms with Gasteiger partial charge in [-0.3, -0.25) is 4.90 Å². The first kappa shape index (κ1) is 11.9. The van der Waals surface area contributed by atoms with E-state index in [0.29, 0.717) is 31.5 Å². The maximum absolute atomic E-state index is 12.6. The summed E-state index contributed by atoms with van der Waals surface area (Å²) in [5.41, 5.74) is 5.72. The Labute approximate surface area is 102 Å². The van der Waals surface area contributed by atoms with E-state index < -0.39 is 12.0 Å². The number of aromatic nitrogens is 3. The minimum atomic E-state index is -4.42. The highest BCUT2D eigenvalue weighted by molar-refractivity contribution is 5.04. The summed E-state index contributed by atoms with van der Waals surface area (Å²) >= 11 is 0. The number of hydrogen-bond donors (Lipinski definition) is 1. The summed E-state index contributed by atoms with van der Waals surface area (Å²) in [5, 5.41) is 6.91. The van der Waals surface area contributed by atoms with Crippen molar-refractivity contribution in [2.75, 3.05) is 6.54 Å². The molecule has 100 valence electrons. The van der Waals surface area contributed by atoms with Gasteiger partial charge in [-0.1, -0.05) is 0 Å². The summed E-state index contributed by atoms with van der Waals surface area (Å²) in [7, 11) is 0. The van der Waals surface area contributed by atoms with Crippen molar-refractivity contribution in [3.05, 3.63) is 11.6 Å². The van der Waals surface area contributed by atoms with Crippen LogP contribution in [-0.2, 0) is 19.3 Å². The summed E-state index contributed by atoms with van der Waals surface area (Å²) in [4.78, 5) is 2.15. The smallest absolute Gasteiger partial charge is 0.328 e. The fourth-order valence-corrected chi connectivity index (χ4v) is 2.63. The molecule has 1 aliphatic carbocycles. The van der Waals surface area contributed by atoms with E-state index in [4.69, 9.17) is 5.73 Å². The average Bonchev–Trinajstić information content (AvgIpc) is 2.66. The van der Waals surface area contributed by atoms with Crippen LogP contribution in [0.5, 0.6) is 0 Å². The highest BCUT2D eigenvalue weighted by Gasteiger charge is 2.41. The Balaban J connectivity index is 1.76. The summed E-state index contributed by atoms with van der Waals surface area (Å²) < 4.78 is 39.1. The molecule has 18 heavy (non-hydrogen) atoms. The number of alkyl halides is 3. The van der Waals surface area contributed by atoms with E-state index in [0.717, 1.165) is 12.8 Å². The zero-order chi connectivity index (χ0) is 12.9. The van der Waals surface area contributed by atoms with Gasteiger partial charge in [-0.2, -0.15) is 13.2 Å². The fraction of sp³-hybridized carbons (Fsp3) is 0.800. The second-order valence-electron chi connectivity index (χ2n) is 4.95. The Kier molecular flexibility index (Phi) is 2.60. The molecule has 1 fully saturated rings. The van der Waals surface area contributed by atoms with Crippen molar-refractivity contribution >= 4 is 0 Å². The molecule has 3 rings (SSSR count). The molecule has 5 nitrogen and oxygen atoms in total. The van der Waals surface area contributed by atoms with E-state index >= 15 is 0 Å². The van der Waals surface area contributed by atoms with Crippen molar-refractivity contribution in [1.82, 2.24) is 19.7 Å². The van der Waals surface area contributed by atoms with Crippen molar-refractivity contribution in [1.29, 1.82) is 0 Å². The lowest BCUT2D eigenvalue weighted by atomic mass is 9.86. The van der Waals surface area contributed by atoms with Gasteiger partial charge < -0.3 is 10.3 Å². The van der Waals surface area contributed by atoms with Gasteiger partial charge in [-0.15, -0.1) is 10.2 Å². The van der Waals surface area contributed by atoms with Gasteiger partial charge in [0.1, 0.15) is 5.82 Å². The molecule has 0 aromatic carbocycles. The van der Waals surface area contributed by atoms with Crippen LogP contribution in [0.3, 0.4) is 0 Å². The van der Waals surface area contributed by atoms with E-state index in [-0.39, 0.29) is 6.04 Å². The van der Waals surface area contributed by atoms with Crippen LogP contribution in [0.15, 0.2) is 0 Å². The molecule has 2 heterocycles. The third-order valence-electron chi connectivity index (χ3n) is 3.70. The zero-order valence-corrected chi connectivity index (χ0v) is 9.69. The zero-order valence-electron chi connectivity index (χ0n) is 9.69. The number of nitrogens with two attached hydrogens (primary N) is 1. The molecular formula is C10H14F3N5. The molecule has 1 aromatic heterocycles. The van der Waals surface area contributed by atoms with E-state index in [1.165, 1.54) is 4.57 Å². The van der Waals surface area contributed by atoms with Crippen molar-refractivity contribution in [3.8, 4) is 0 Å². The predicted octanol–water partition coefficient (Wildman–Crippen LogP) is 0.602. The van der Waals surface area contributed by atoms with Gasteiger partial charge in [-0.05, 0) is 12.8 Å². The van der Waals surface area contributed by atoms with Crippen LogP contribution in [0.4, 0.5) is 13.2 Å². The molecule has 8 heteroatoms. The molecule has 0 atom stereocenters. The molecule has 0 unspecified atom stereocenters. The predicted molar refractivity (Wildman–Crippen MR) is 56.4 cm³/mol. The molecule has 1 aromatic rings. The Morgan fingerprint density at radius 1 is 1.17 bits per heavy atom. The Bertz CT molecular complexity index is 449. The first-order chi connectivity index (χ1) is 8.45. The minimum absolute atomic E-state index is 0.237. The summed E-state index contributed by atoms with van der Waals surface area (Å²) in [6.45, 7) is 1.33. The van der Waals surface area contributed by atoms with Crippen LogP contribution in [-0.4, -0.2) is 38.3 Å². The third kappa shape index (κ3) is 1.89. The third-order valence-corrected chi connectivity index (χ3v) is 3.70. The number of nitrogens with zero attached hydrogens (tertiary/aromatic N) is 4. The van der Waals surface area contributed by atoms with Gasteiger partial charge in [0.25, 0.3) is 0 Å². The molecule has 0 saturated heterocycles. The van der Waals surface area contributed by atoms with E-state index in [1.54, 1.807) is 0 Å². The fourth-order valence-electron chi connectivity index (χ4n) is 2.63. The second kappa shape index (κ2) is 3.92. The molecule has 0 spiro atoms. The highest BCUT2D eigenvalue weighted by Crippen LogP contribution is 2.31. The molecule has 0 radical (unpaired) electrons. The van der Waals surface area contributed by atoms with Crippen LogP contribution in [0.1, 0.15) is 24.5 Å². The summed E-state index contributed by atoms with van der Waals surface area (Å²) in [5.74, 6) is -0.489. The number of rotatable bonds is 1. The summed E-state index contributed by atoms with van der Waals surface area (Å²) in [6.07, 6.45) is -2.59. The van der Waals surface area contributed by atoms with Gasteiger partial charge in [0.2, 0.25) is 5.82 Å². The maximum atomic E-state index is 12.6. The lowest BCUT2D eigenvalue weighted by molar-refractivity contribution is -0.148. The number of fused-ring (bicyclic) bond motifs is 1. The monoisotopic (exact) mass is 261 g/mol. The Morgan fingerprint density at radius 2 is 1.89 bits per heavy atom. The minimum Gasteiger partial charge on any atom is -0.328 e. The van der Waals surface area contributed by atoms with Gasteiger partial charge in [0.15, 0.2) is 0 Å². The molecule has 1 aliphatic heterocycles. The molecule has 2 N–H and O–H groups in total. The van der Waals surface area contributed by atoms with Gasteiger partial charge >= 0.3 is 6.18 Å². The lowest BCUT2D eigenvalue weighted by Gasteiger charge is -2.42. The van der Waals surface area contributed by atoms with Crippen molar-refractivity contribution in [2.24, 2.45) is 5.73 Å². The second-order valence-corrected chi connectivity index (χ2v) is 4.95. The molecule has 0 amide bonds. The van der Waals surface area contributed by atoms with Crippen molar-refractivity contribution in [2.45, 2.75) is 44.2 Å². The van der Waals surface area contributed by atoms with Crippen LogP contribution >= 0.6 is 0 Å². The largest absolute Gasteiger partial charge is 0.451 e. The van der Waals surface area contributed by atoms with Crippen LogP contribution in [0, 0.1) is 0 Å². The SMILES string of the molecule is NC1CC(N2CCn3c(nnc3C(F)(F)F)C2)C1. The lowest BCUT2D eigenvalue weighted by Crippen LogP contribution is -2.52. The van der Waals surface area contributed by atoms with Gasteiger partial charge in [-0.25, -0.2) is 0 Å². The molecular weight excluding hydrogens is 247 g/mol. The Morgan fingerprint density at radius 3 is 2.50 bits per heavy atom. The van der Waals surface area contributed by atoms with E-state index in [9.17, 15) is 13.2 Å². The maximum Gasteiger partial charge on any atom is 0.451 e. The first-order valence-electron chi connectivity index (χ1n) is 5.94. The normalized spacial score (nSPS) is 28.9. The average molecular weight is 261 g/mol. The molecule has 2 aliphatic rings. The number of halogens is 3. The van der Waals surface area contributed by atoms with Crippen molar-refractivity contribution < 1.29 is 13.2 Å². The number of hydrogen-bond acceptors (Lipinski definition) is 4. The Hall–Kier alpha value is -1.15. The highest BCUT2D eigenvalue weighted by atomic mass is 19.4. The topological polar surface area (TPSA) is 60.0 Å². The van der Waals surface area contributed by atoms with E-state index in [1.807, 2.05) is 0 Å². The van der Waals surface area contributed by atoms with Crippen LogP contribution in [0.25, 0.3) is 0 Å². The molecule has 0 bridgehead atoms. The van der Waals surface area contributed by atoms with Gasteiger partial charge in [0, 0.05) is 25.2 Å². The van der Waals surface area contributed by atoms with Gasteiger partial charge in [0.05, 0.1) is 6.54 Å². The summed E-state index contributed by atoms with van der Waals surface area (Å²) in [6, 6.07) is 0.625. The van der Waals surface area contributed by atoms with Crippen molar-refractivity contribution in [3.63, 3.8) is 0 Å².